The number of rotatable bonds is 5. The summed E-state index contributed by atoms with van der Waals surface area (Å²) in [6.45, 7) is 5.80. The number of carbonyl (C=O) groups is 2. The van der Waals surface area contributed by atoms with Gasteiger partial charge >= 0.3 is 12.2 Å². The SMILES string of the molecule is CC(C)(C)c1cc(NC(=O)Nc2ccc(NC(=O)c3nn(-c4cccc(C(F)(F)F)c4)c(=O)cc3O)cc2)no1. The second-order valence-electron chi connectivity index (χ2n) is 9.61. The Morgan fingerprint density at radius 1 is 0.925 bits per heavy atom. The van der Waals surface area contributed by atoms with Gasteiger partial charge in [-0.25, -0.2) is 4.79 Å². The number of amides is 3. The highest BCUT2D eigenvalue weighted by molar-refractivity contribution is 6.05. The summed E-state index contributed by atoms with van der Waals surface area (Å²) in [5.74, 6) is -0.876. The van der Waals surface area contributed by atoms with Gasteiger partial charge in [0.15, 0.2) is 17.3 Å². The Labute approximate surface area is 224 Å². The standard InChI is InChI=1S/C26H23F3N6O5/c1-25(2,3)19-13-20(34-40-19)32-24(39)31-16-9-7-15(8-10-16)30-23(38)22-18(36)12-21(37)35(33-22)17-6-4-5-14(11-17)26(27,28)29/h4-13,36H,1-3H3,(H,30,38)(H2,31,32,34,39). The molecule has 208 valence electrons. The fraction of sp³-hybridized carbons (Fsp3) is 0.192. The minimum atomic E-state index is -4.66. The van der Waals surface area contributed by atoms with Gasteiger partial charge in [-0.3, -0.25) is 14.9 Å². The van der Waals surface area contributed by atoms with Crippen molar-refractivity contribution >= 4 is 29.1 Å². The summed E-state index contributed by atoms with van der Waals surface area (Å²) in [6, 6.07) is 11.4. The van der Waals surface area contributed by atoms with E-state index in [2.05, 4.69) is 26.2 Å². The van der Waals surface area contributed by atoms with Gasteiger partial charge in [0.25, 0.3) is 11.5 Å². The van der Waals surface area contributed by atoms with Crippen molar-refractivity contribution in [3.05, 3.63) is 88.0 Å². The van der Waals surface area contributed by atoms with E-state index in [1.807, 2.05) is 20.8 Å². The molecular weight excluding hydrogens is 533 g/mol. The van der Waals surface area contributed by atoms with E-state index in [-0.39, 0.29) is 22.6 Å². The summed E-state index contributed by atoms with van der Waals surface area (Å²) in [5.41, 5.74) is -2.48. The third-order valence-corrected chi connectivity index (χ3v) is 5.44. The molecule has 11 nitrogen and oxygen atoms in total. The van der Waals surface area contributed by atoms with E-state index < -0.39 is 40.7 Å². The van der Waals surface area contributed by atoms with Crippen LogP contribution in [0.25, 0.3) is 5.69 Å². The number of anilines is 3. The molecule has 0 radical (unpaired) electrons. The zero-order chi connectivity index (χ0) is 29.2. The van der Waals surface area contributed by atoms with Crippen LogP contribution in [-0.4, -0.2) is 32.0 Å². The molecule has 2 aromatic heterocycles. The molecule has 40 heavy (non-hydrogen) atoms. The average molecular weight is 557 g/mol. The van der Waals surface area contributed by atoms with E-state index in [1.54, 1.807) is 6.07 Å². The zero-order valence-corrected chi connectivity index (χ0v) is 21.3. The molecule has 3 amide bonds. The first-order chi connectivity index (χ1) is 18.7. The molecule has 2 aromatic carbocycles. The second kappa shape index (κ2) is 10.6. The van der Waals surface area contributed by atoms with E-state index >= 15 is 0 Å². The van der Waals surface area contributed by atoms with E-state index in [0.717, 1.165) is 12.1 Å². The predicted octanol–water partition coefficient (Wildman–Crippen LogP) is 5.14. The normalized spacial score (nSPS) is 11.7. The highest BCUT2D eigenvalue weighted by Crippen LogP contribution is 2.30. The number of nitrogens with one attached hydrogen (secondary N) is 3. The van der Waals surface area contributed by atoms with E-state index in [4.69, 9.17) is 4.52 Å². The summed E-state index contributed by atoms with van der Waals surface area (Å²) < 4.78 is 45.1. The quantitative estimate of drug-likeness (QED) is 0.266. The van der Waals surface area contributed by atoms with Crippen molar-refractivity contribution in [1.29, 1.82) is 0 Å². The van der Waals surface area contributed by atoms with Gasteiger partial charge in [0, 0.05) is 28.9 Å². The lowest BCUT2D eigenvalue weighted by molar-refractivity contribution is -0.137. The van der Waals surface area contributed by atoms with Crippen molar-refractivity contribution in [1.82, 2.24) is 14.9 Å². The molecule has 0 unspecified atom stereocenters. The zero-order valence-electron chi connectivity index (χ0n) is 21.3. The number of hydrogen-bond donors (Lipinski definition) is 4. The van der Waals surface area contributed by atoms with Crippen molar-refractivity contribution in [2.75, 3.05) is 16.0 Å². The van der Waals surface area contributed by atoms with Gasteiger partial charge in [0.1, 0.15) is 5.76 Å². The first kappa shape index (κ1) is 27.9. The maximum Gasteiger partial charge on any atom is 0.416 e. The van der Waals surface area contributed by atoms with Gasteiger partial charge in [0.05, 0.1) is 11.3 Å². The number of nitrogens with zero attached hydrogens (tertiary/aromatic N) is 3. The van der Waals surface area contributed by atoms with Crippen LogP contribution in [0.4, 0.5) is 35.2 Å². The van der Waals surface area contributed by atoms with Gasteiger partial charge in [-0.05, 0) is 42.5 Å². The van der Waals surface area contributed by atoms with Gasteiger partial charge in [0.2, 0.25) is 0 Å². The number of alkyl halides is 3. The molecule has 4 N–H and O–H groups in total. The van der Waals surface area contributed by atoms with Gasteiger partial charge in [-0.2, -0.15) is 23.0 Å². The molecule has 0 aliphatic rings. The maximum atomic E-state index is 13.1. The lowest BCUT2D eigenvalue weighted by Gasteiger charge is -2.12. The highest BCUT2D eigenvalue weighted by atomic mass is 19.4. The molecule has 2 heterocycles. The Bertz CT molecular complexity index is 1620. The van der Waals surface area contributed by atoms with E-state index in [1.165, 1.54) is 30.3 Å². The summed E-state index contributed by atoms with van der Waals surface area (Å²) in [5, 5.41) is 25.3. The fourth-order valence-electron chi connectivity index (χ4n) is 3.40. The molecule has 0 fully saturated rings. The minimum Gasteiger partial charge on any atom is -0.505 e. The number of aromatic hydroxyl groups is 1. The van der Waals surface area contributed by atoms with Crippen LogP contribution in [0.3, 0.4) is 0 Å². The van der Waals surface area contributed by atoms with Crippen molar-refractivity contribution in [3.63, 3.8) is 0 Å². The molecule has 0 bridgehead atoms. The Kier molecular flexibility index (Phi) is 7.36. The van der Waals surface area contributed by atoms with Crippen LogP contribution in [0.5, 0.6) is 5.75 Å². The van der Waals surface area contributed by atoms with Gasteiger partial charge < -0.3 is 20.3 Å². The van der Waals surface area contributed by atoms with Crippen molar-refractivity contribution < 1.29 is 32.4 Å². The average Bonchev–Trinajstić information content (AvgIpc) is 3.34. The number of halogens is 3. The summed E-state index contributed by atoms with van der Waals surface area (Å²) >= 11 is 0. The Morgan fingerprint density at radius 2 is 1.57 bits per heavy atom. The molecule has 0 saturated carbocycles. The lowest BCUT2D eigenvalue weighted by Crippen LogP contribution is -2.25. The van der Waals surface area contributed by atoms with Crippen LogP contribution in [0.2, 0.25) is 0 Å². The number of carbonyl (C=O) groups excluding carboxylic acids is 2. The van der Waals surface area contributed by atoms with Crippen LogP contribution < -0.4 is 21.5 Å². The lowest BCUT2D eigenvalue weighted by atomic mass is 9.93. The molecule has 0 atom stereocenters. The Hall–Kier alpha value is -5.14. The summed E-state index contributed by atoms with van der Waals surface area (Å²) in [6.07, 6.45) is -4.66. The minimum absolute atomic E-state index is 0.227. The van der Waals surface area contributed by atoms with Crippen LogP contribution in [0, 0.1) is 0 Å². The summed E-state index contributed by atoms with van der Waals surface area (Å²) in [4.78, 5) is 37.3. The third kappa shape index (κ3) is 6.46. The molecular formula is C26H23F3N6O5. The molecule has 0 spiro atoms. The van der Waals surface area contributed by atoms with Crippen LogP contribution in [0.1, 0.15) is 42.6 Å². The van der Waals surface area contributed by atoms with E-state index in [9.17, 15) is 32.7 Å². The van der Waals surface area contributed by atoms with Crippen molar-refractivity contribution in [2.24, 2.45) is 0 Å². The first-order valence-electron chi connectivity index (χ1n) is 11.7. The highest BCUT2D eigenvalue weighted by Gasteiger charge is 2.31. The maximum absolute atomic E-state index is 13.1. The smallest absolute Gasteiger partial charge is 0.416 e. The Balaban J connectivity index is 1.45. The van der Waals surface area contributed by atoms with Crippen molar-refractivity contribution in [2.45, 2.75) is 32.4 Å². The Morgan fingerprint density at radius 3 is 2.17 bits per heavy atom. The molecule has 14 heteroatoms. The molecule has 0 aliphatic heterocycles. The van der Waals surface area contributed by atoms with Crippen LogP contribution in [0.15, 0.2) is 70.0 Å². The topological polar surface area (TPSA) is 151 Å². The second-order valence-corrected chi connectivity index (χ2v) is 9.61. The monoisotopic (exact) mass is 556 g/mol. The third-order valence-electron chi connectivity index (χ3n) is 5.44. The molecule has 0 aliphatic carbocycles. The molecule has 4 rings (SSSR count). The number of urea groups is 1. The first-order valence-corrected chi connectivity index (χ1v) is 11.7. The van der Waals surface area contributed by atoms with E-state index in [0.29, 0.717) is 28.3 Å². The van der Waals surface area contributed by atoms with Gasteiger partial charge in [-0.1, -0.05) is 32.0 Å². The fourth-order valence-corrected chi connectivity index (χ4v) is 3.40. The predicted molar refractivity (Wildman–Crippen MR) is 139 cm³/mol. The summed E-state index contributed by atoms with van der Waals surface area (Å²) in [7, 11) is 0. The van der Waals surface area contributed by atoms with Crippen molar-refractivity contribution in [3.8, 4) is 11.4 Å². The number of hydrogen-bond acceptors (Lipinski definition) is 7. The van der Waals surface area contributed by atoms with Crippen LogP contribution in [-0.2, 0) is 11.6 Å². The number of benzene rings is 2. The molecule has 4 aromatic rings. The molecule has 0 saturated heterocycles. The largest absolute Gasteiger partial charge is 0.505 e. The van der Waals surface area contributed by atoms with Crippen LogP contribution >= 0.6 is 0 Å². The van der Waals surface area contributed by atoms with Gasteiger partial charge in [-0.15, -0.1) is 0 Å². The number of aromatic nitrogens is 3.